The zero-order valence-corrected chi connectivity index (χ0v) is 10.7. The van der Waals surface area contributed by atoms with Crippen LogP contribution in [0.4, 0.5) is 0 Å². The quantitative estimate of drug-likeness (QED) is 0.879. The summed E-state index contributed by atoms with van der Waals surface area (Å²) in [6.07, 6.45) is 7.01. The summed E-state index contributed by atoms with van der Waals surface area (Å²) in [6, 6.07) is 2.56. The minimum absolute atomic E-state index is 0.479. The molecule has 3 heteroatoms. The van der Waals surface area contributed by atoms with Crippen molar-refractivity contribution in [1.82, 2.24) is 5.32 Å². The smallest absolute Gasteiger partial charge is 0.173 e. The maximum Gasteiger partial charge on any atom is 0.173 e. The SMILES string of the molecule is CCCNC(c1ccoc1Br)C1CCC1. The zero-order valence-electron chi connectivity index (χ0n) is 9.13. The summed E-state index contributed by atoms with van der Waals surface area (Å²) in [5, 5.41) is 3.62. The van der Waals surface area contributed by atoms with Crippen LogP contribution in [0.3, 0.4) is 0 Å². The van der Waals surface area contributed by atoms with Gasteiger partial charge in [0.1, 0.15) is 0 Å². The molecule has 1 aromatic heterocycles. The van der Waals surface area contributed by atoms with Gasteiger partial charge < -0.3 is 9.73 Å². The van der Waals surface area contributed by atoms with Crippen LogP contribution in [0.1, 0.15) is 44.2 Å². The third kappa shape index (κ3) is 2.45. The fourth-order valence-corrected chi connectivity index (χ4v) is 2.62. The molecule has 0 saturated heterocycles. The van der Waals surface area contributed by atoms with Crippen LogP contribution in [0.5, 0.6) is 0 Å². The molecule has 1 aliphatic rings. The molecule has 0 spiro atoms. The molecule has 2 nitrogen and oxygen atoms in total. The van der Waals surface area contributed by atoms with Crippen LogP contribution >= 0.6 is 15.9 Å². The monoisotopic (exact) mass is 271 g/mol. The summed E-state index contributed by atoms with van der Waals surface area (Å²) >= 11 is 3.47. The maximum absolute atomic E-state index is 5.32. The predicted octanol–water partition coefficient (Wildman–Crippen LogP) is 3.88. The molecule has 2 rings (SSSR count). The van der Waals surface area contributed by atoms with Crippen molar-refractivity contribution in [3.05, 3.63) is 22.6 Å². The van der Waals surface area contributed by atoms with Gasteiger partial charge in [-0.05, 0) is 53.7 Å². The number of hydrogen-bond acceptors (Lipinski definition) is 2. The van der Waals surface area contributed by atoms with Crippen LogP contribution in [0.2, 0.25) is 0 Å². The van der Waals surface area contributed by atoms with Crippen molar-refractivity contribution in [2.75, 3.05) is 6.54 Å². The topological polar surface area (TPSA) is 25.2 Å². The van der Waals surface area contributed by atoms with E-state index in [0.29, 0.717) is 6.04 Å². The van der Waals surface area contributed by atoms with E-state index in [-0.39, 0.29) is 0 Å². The first-order valence-corrected chi connectivity index (χ1v) is 6.58. The summed E-state index contributed by atoms with van der Waals surface area (Å²) in [7, 11) is 0. The average Bonchev–Trinajstić information content (AvgIpc) is 2.55. The molecule has 0 amide bonds. The Bertz CT molecular complexity index is 306. The summed E-state index contributed by atoms with van der Waals surface area (Å²) in [5.41, 5.74) is 1.29. The van der Waals surface area contributed by atoms with Gasteiger partial charge in [0.15, 0.2) is 4.67 Å². The molecule has 1 aromatic rings. The Hall–Kier alpha value is -0.280. The molecule has 15 heavy (non-hydrogen) atoms. The maximum atomic E-state index is 5.32. The van der Waals surface area contributed by atoms with E-state index in [9.17, 15) is 0 Å². The van der Waals surface area contributed by atoms with E-state index < -0.39 is 0 Å². The van der Waals surface area contributed by atoms with Gasteiger partial charge in [0.2, 0.25) is 0 Å². The van der Waals surface area contributed by atoms with E-state index >= 15 is 0 Å². The Balaban J connectivity index is 2.07. The van der Waals surface area contributed by atoms with Crippen molar-refractivity contribution in [3.63, 3.8) is 0 Å². The number of furan rings is 1. The van der Waals surface area contributed by atoms with Crippen LogP contribution in [0.25, 0.3) is 0 Å². The second-order valence-electron chi connectivity index (χ2n) is 4.27. The number of hydrogen-bond donors (Lipinski definition) is 1. The minimum atomic E-state index is 0.479. The molecule has 0 aliphatic heterocycles. The summed E-state index contributed by atoms with van der Waals surface area (Å²) in [5.74, 6) is 0.797. The van der Waals surface area contributed by atoms with Crippen LogP contribution < -0.4 is 5.32 Å². The molecule has 0 radical (unpaired) electrons. The van der Waals surface area contributed by atoms with Crippen LogP contribution in [0, 0.1) is 5.92 Å². The Labute approximate surface area is 99.6 Å². The Morgan fingerprint density at radius 2 is 2.40 bits per heavy atom. The van der Waals surface area contributed by atoms with Gasteiger partial charge in [-0.3, -0.25) is 0 Å². The highest BCUT2D eigenvalue weighted by Gasteiger charge is 2.30. The lowest BCUT2D eigenvalue weighted by molar-refractivity contribution is 0.229. The van der Waals surface area contributed by atoms with E-state index in [4.69, 9.17) is 4.42 Å². The largest absolute Gasteiger partial charge is 0.457 e. The van der Waals surface area contributed by atoms with Crippen molar-refractivity contribution in [2.45, 2.75) is 38.6 Å². The highest BCUT2D eigenvalue weighted by molar-refractivity contribution is 9.10. The average molecular weight is 272 g/mol. The van der Waals surface area contributed by atoms with E-state index in [2.05, 4.69) is 34.2 Å². The number of rotatable bonds is 5. The fraction of sp³-hybridized carbons (Fsp3) is 0.667. The first-order chi connectivity index (χ1) is 7.33. The molecule has 0 bridgehead atoms. The Morgan fingerprint density at radius 1 is 1.60 bits per heavy atom. The molecule has 1 saturated carbocycles. The van der Waals surface area contributed by atoms with Crippen LogP contribution in [-0.2, 0) is 0 Å². The van der Waals surface area contributed by atoms with Gasteiger partial charge in [0.05, 0.1) is 6.26 Å². The lowest BCUT2D eigenvalue weighted by atomic mass is 9.77. The van der Waals surface area contributed by atoms with E-state index in [0.717, 1.165) is 17.1 Å². The van der Waals surface area contributed by atoms with Crippen molar-refractivity contribution < 1.29 is 4.42 Å². The van der Waals surface area contributed by atoms with Crippen LogP contribution in [0.15, 0.2) is 21.4 Å². The second-order valence-corrected chi connectivity index (χ2v) is 4.99. The van der Waals surface area contributed by atoms with E-state index in [1.165, 1.54) is 31.2 Å². The van der Waals surface area contributed by atoms with E-state index in [1.54, 1.807) is 6.26 Å². The molecule has 0 aromatic carbocycles. The normalized spacial score (nSPS) is 18.8. The van der Waals surface area contributed by atoms with Crippen molar-refractivity contribution in [3.8, 4) is 0 Å². The molecule has 1 fully saturated rings. The zero-order chi connectivity index (χ0) is 10.7. The first-order valence-electron chi connectivity index (χ1n) is 5.79. The van der Waals surface area contributed by atoms with Gasteiger partial charge in [-0.15, -0.1) is 0 Å². The summed E-state index contributed by atoms with van der Waals surface area (Å²) in [6.45, 7) is 3.29. The highest BCUT2D eigenvalue weighted by atomic mass is 79.9. The lowest BCUT2D eigenvalue weighted by Crippen LogP contribution is -2.32. The van der Waals surface area contributed by atoms with Gasteiger partial charge in [-0.1, -0.05) is 13.3 Å². The predicted molar refractivity (Wildman–Crippen MR) is 64.8 cm³/mol. The number of nitrogens with one attached hydrogen (secondary N) is 1. The standard InChI is InChI=1S/C12H18BrNO/c1-2-7-14-11(9-4-3-5-9)10-6-8-15-12(10)13/h6,8-9,11,14H,2-5,7H2,1H3. The van der Waals surface area contributed by atoms with Gasteiger partial charge >= 0.3 is 0 Å². The van der Waals surface area contributed by atoms with Crippen LogP contribution in [-0.4, -0.2) is 6.54 Å². The summed E-state index contributed by atoms with van der Waals surface area (Å²) < 4.78 is 6.21. The second kappa shape index (κ2) is 5.17. The van der Waals surface area contributed by atoms with Crippen molar-refractivity contribution in [2.24, 2.45) is 5.92 Å². The molecular weight excluding hydrogens is 254 g/mol. The van der Waals surface area contributed by atoms with Gasteiger partial charge in [-0.25, -0.2) is 0 Å². The molecular formula is C12H18BrNO. The van der Waals surface area contributed by atoms with Gasteiger partial charge in [0, 0.05) is 11.6 Å². The van der Waals surface area contributed by atoms with Crippen molar-refractivity contribution in [1.29, 1.82) is 0 Å². The lowest BCUT2D eigenvalue weighted by Gasteiger charge is -2.34. The van der Waals surface area contributed by atoms with Gasteiger partial charge in [0.25, 0.3) is 0 Å². The molecule has 1 N–H and O–H groups in total. The van der Waals surface area contributed by atoms with E-state index in [1.807, 2.05) is 0 Å². The Morgan fingerprint density at radius 3 is 2.87 bits per heavy atom. The molecule has 1 atom stereocenters. The third-order valence-electron chi connectivity index (χ3n) is 3.22. The Kier molecular flexibility index (Phi) is 3.87. The molecule has 1 aliphatic carbocycles. The minimum Gasteiger partial charge on any atom is -0.457 e. The van der Waals surface area contributed by atoms with Crippen molar-refractivity contribution >= 4 is 15.9 Å². The highest BCUT2D eigenvalue weighted by Crippen LogP contribution is 2.40. The molecule has 84 valence electrons. The summed E-state index contributed by atoms with van der Waals surface area (Å²) in [4.78, 5) is 0. The molecule has 1 unspecified atom stereocenters. The fourth-order valence-electron chi connectivity index (χ4n) is 2.13. The van der Waals surface area contributed by atoms with Gasteiger partial charge in [-0.2, -0.15) is 0 Å². The number of halogens is 1. The third-order valence-corrected chi connectivity index (χ3v) is 3.86. The molecule has 1 heterocycles. The first kappa shape index (κ1) is 11.2.